The summed E-state index contributed by atoms with van der Waals surface area (Å²) in [6.07, 6.45) is 1.74. The first kappa shape index (κ1) is 17.7. The van der Waals surface area contributed by atoms with E-state index in [-0.39, 0.29) is 12.5 Å². The molecule has 0 unspecified atom stereocenters. The third kappa shape index (κ3) is 3.31. The summed E-state index contributed by atoms with van der Waals surface area (Å²) in [6.45, 7) is 5.77. The third-order valence-electron chi connectivity index (χ3n) is 4.28. The minimum Gasteiger partial charge on any atom is -0.462 e. The van der Waals surface area contributed by atoms with Gasteiger partial charge >= 0.3 is 5.97 Å². The predicted molar refractivity (Wildman–Crippen MR) is 102 cm³/mol. The van der Waals surface area contributed by atoms with Gasteiger partial charge in [0.15, 0.2) is 0 Å². The van der Waals surface area contributed by atoms with Crippen molar-refractivity contribution in [2.75, 3.05) is 11.5 Å². The van der Waals surface area contributed by atoms with E-state index in [1.807, 2.05) is 61.5 Å². The highest BCUT2D eigenvalue weighted by atomic mass is 16.5. The number of nitrogens with zero attached hydrogens (tertiary/aromatic N) is 1. The number of carbonyl (C=O) groups excluding carboxylic acids is 2. The van der Waals surface area contributed by atoms with E-state index >= 15 is 0 Å². The molecule has 0 saturated carbocycles. The fraction of sp³-hybridized carbons (Fsp3) is 0.182. The minimum absolute atomic E-state index is 0.224. The SMILES string of the molecule is CCOC(=O)C1=C(C)N(c2ccc(C)cc2)C(=O)C1=Cc1ccccc1. The van der Waals surface area contributed by atoms with Gasteiger partial charge in [-0.05, 0) is 44.5 Å². The zero-order chi connectivity index (χ0) is 18.7. The average Bonchev–Trinajstić information content (AvgIpc) is 2.87. The van der Waals surface area contributed by atoms with Gasteiger partial charge in [0.25, 0.3) is 5.91 Å². The Hall–Kier alpha value is -3.14. The van der Waals surface area contributed by atoms with E-state index in [1.54, 1.807) is 24.8 Å². The maximum absolute atomic E-state index is 13.1. The molecular formula is C22H21NO3. The lowest BCUT2D eigenvalue weighted by atomic mass is 10.0. The zero-order valence-electron chi connectivity index (χ0n) is 15.2. The lowest BCUT2D eigenvalue weighted by Crippen LogP contribution is -2.24. The standard InChI is InChI=1S/C22H21NO3/c1-4-26-22(25)20-16(3)23(18-12-10-15(2)11-13-18)21(24)19(20)14-17-8-6-5-7-9-17/h5-14H,4H2,1-3H3. The zero-order valence-corrected chi connectivity index (χ0v) is 15.2. The molecule has 2 aromatic carbocycles. The molecule has 1 heterocycles. The number of ether oxygens (including phenoxy) is 1. The third-order valence-corrected chi connectivity index (χ3v) is 4.28. The smallest absolute Gasteiger partial charge is 0.340 e. The second kappa shape index (κ2) is 7.40. The van der Waals surface area contributed by atoms with Crippen molar-refractivity contribution >= 4 is 23.6 Å². The monoisotopic (exact) mass is 347 g/mol. The van der Waals surface area contributed by atoms with Crippen molar-refractivity contribution in [1.29, 1.82) is 0 Å². The van der Waals surface area contributed by atoms with Gasteiger partial charge in [-0.2, -0.15) is 0 Å². The van der Waals surface area contributed by atoms with Crippen LogP contribution in [-0.4, -0.2) is 18.5 Å². The largest absolute Gasteiger partial charge is 0.462 e. The minimum atomic E-state index is -0.477. The van der Waals surface area contributed by atoms with E-state index in [1.165, 1.54) is 0 Å². The Bertz CT molecular complexity index is 893. The van der Waals surface area contributed by atoms with Crippen LogP contribution >= 0.6 is 0 Å². The number of carbonyl (C=O) groups is 2. The molecule has 4 heteroatoms. The first-order valence-corrected chi connectivity index (χ1v) is 8.59. The van der Waals surface area contributed by atoms with E-state index in [2.05, 4.69) is 0 Å². The van der Waals surface area contributed by atoms with Crippen LogP contribution in [0.4, 0.5) is 5.69 Å². The maximum Gasteiger partial charge on any atom is 0.340 e. The van der Waals surface area contributed by atoms with Crippen molar-refractivity contribution in [2.45, 2.75) is 20.8 Å². The number of amides is 1. The number of hydrogen-bond acceptors (Lipinski definition) is 3. The number of hydrogen-bond donors (Lipinski definition) is 0. The summed E-state index contributed by atoms with van der Waals surface area (Å²) in [5.74, 6) is -0.701. The van der Waals surface area contributed by atoms with Crippen LogP contribution < -0.4 is 4.90 Å². The van der Waals surface area contributed by atoms with Gasteiger partial charge in [-0.15, -0.1) is 0 Å². The molecular weight excluding hydrogens is 326 g/mol. The highest BCUT2D eigenvalue weighted by Crippen LogP contribution is 2.35. The topological polar surface area (TPSA) is 46.6 Å². The van der Waals surface area contributed by atoms with Gasteiger partial charge in [0.05, 0.1) is 17.8 Å². The molecule has 132 valence electrons. The summed E-state index contributed by atoms with van der Waals surface area (Å²) >= 11 is 0. The lowest BCUT2D eigenvalue weighted by Gasteiger charge is -2.18. The second-order valence-corrected chi connectivity index (χ2v) is 6.13. The van der Waals surface area contributed by atoms with Crippen molar-refractivity contribution in [3.8, 4) is 0 Å². The molecule has 0 aromatic heterocycles. The van der Waals surface area contributed by atoms with Crippen molar-refractivity contribution in [3.63, 3.8) is 0 Å². The van der Waals surface area contributed by atoms with E-state index in [9.17, 15) is 9.59 Å². The molecule has 1 amide bonds. The van der Waals surface area contributed by atoms with E-state index in [0.29, 0.717) is 16.8 Å². The molecule has 3 rings (SSSR count). The number of benzene rings is 2. The number of aryl methyl sites for hydroxylation is 1. The number of rotatable bonds is 4. The van der Waals surface area contributed by atoms with Gasteiger partial charge in [0.1, 0.15) is 0 Å². The molecule has 0 atom stereocenters. The summed E-state index contributed by atoms with van der Waals surface area (Å²) in [7, 11) is 0. The van der Waals surface area contributed by atoms with Gasteiger partial charge in [-0.1, -0.05) is 48.0 Å². The molecule has 1 aliphatic rings. The molecule has 0 saturated heterocycles. The summed E-state index contributed by atoms with van der Waals surface area (Å²) in [5, 5.41) is 0. The number of allylic oxidation sites excluding steroid dienone is 1. The van der Waals surface area contributed by atoms with Crippen LogP contribution in [0.3, 0.4) is 0 Å². The van der Waals surface area contributed by atoms with Gasteiger partial charge in [-0.25, -0.2) is 4.79 Å². The number of esters is 1. The molecule has 0 spiro atoms. The van der Waals surface area contributed by atoms with Gasteiger partial charge in [-0.3, -0.25) is 9.69 Å². The molecule has 26 heavy (non-hydrogen) atoms. The average molecular weight is 347 g/mol. The van der Waals surface area contributed by atoms with Crippen molar-refractivity contribution in [3.05, 3.63) is 82.6 Å². The second-order valence-electron chi connectivity index (χ2n) is 6.13. The van der Waals surface area contributed by atoms with Gasteiger partial charge in [0.2, 0.25) is 0 Å². The van der Waals surface area contributed by atoms with E-state index in [0.717, 1.165) is 16.8 Å². The van der Waals surface area contributed by atoms with E-state index in [4.69, 9.17) is 4.74 Å². The van der Waals surface area contributed by atoms with Crippen molar-refractivity contribution in [2.24, 2.45) is 0 Å². The number of anilines is 1. The van der Waals surface area contributed by atoms with Crippen LogP contribution in [0.2, 0.25) is 0 Å². The Kier molecular flexibility index (Phi) is 5.03. The van der Waals surface area contributed by atoms with Crippen LogP contribution in [-0.2, 0) is 14.3 Å². The van der Waals surface area contributed by atoms with E-state index < -0.39 is 5.97 Å². The Morgan fingerprint density at radius 1 is 1.04 bits per heavy atom. The summed E-state index contributed by atoms with van der Waals surface area (Å²) in [6, 6.07) is 17.1. The highest BCUT2D eigenvalue weighted by molar-refractivity contribution is 6.23. The quantitative estimate of drug-likeness (QED) is 0.613. The molecule has 2 aromatic rings. The van der Waals surface area contributed by atoms with Crippen LogP contribution in [0.1, 0.15) is 25.0 Å². The highest BCUT2D eigenvalue weighted by Gasteiger charge is 2.37. The van der Waals surface area contributed by atoms with Gasteiger partial charge < -0.3 is 4.74 Å². The molecule has 0 aliphatic carbocycles. The first-order valence-electron chi connectivity index (χ1n) is 8.59. The summed E-state index contributed by atoms with van der Waals surface area (Å²) in [5.41, 5.74) is 3.95. The Morgan fingerprint density at radius 2 is 1.69 bits per heavy atom. The molecule has 0 radical (unpaired) electrons. The summed E-state index contributed by atoms with van der Waals surface area (Å²) in [4.78, 5) is 27.2. The van der Waals surface area contributed by atoms with Crippen molar-refractivity contribution < 1.29 is 14.3 Å². The molecule has 0 N–H and O–H groups in total. The Balaban J connectivity index is 2.11. The van der Waals surface area contributed by atoms with Crippen LogP contribution in [0.5, 0.6) is 0 Å². The first-order chi connectivity index (χ1) is 12.5. The van der Waals surface area contributed by atoms with Crippen LogP contribution in [0.25, 0.3) is 6.08 Å². The Labute approximate surface area is 153 Å². The molecule has 0 fully saturated rings. The van der Waals surface area contributed by atoms with Crippen LogP contribution in [0, 0.1) is 6.92 Å². The van der Waals surface area contributed by atoms with Crippen molar-refractivity contribution in [1.82, 2.24) is 0 Å². The maximum atomic E-state index is 13.1. The van der Waals surface area contributed by atoms with Crippen LogP contribution in [0.15, 0.2) is 71.4 Å². The van der Waals surface area contributed by atoms with Gasteiger partial charge in [0, 0.05) is 11.4 Å². The summed E-state index contributed by atoms with van der Waals surface area (Å²) < 4.78 is 5.20. The predicted octanol–water partition coefficient (Wildman–Crippen LogP) is 4.26. The fourth-order valence-electron chi connectivity index (χ4n) is 3.00. The molecule has 0 bridgehead atoms. The Morgan fingerprint density at radius 3 is 2.31 bits per heavy atom. The fourth-order valence-corrected chi connectivity index (χ4v) is 3.00. The normalized spacial score (nSPS) is 15.7. The molecule has 1 aliphatic heterocycles. The lowest BCUT2D eigenvalue weighted by molar-refractivity contribution is -0.138. The molecule has 4 nitrogen and oxygen atoms in total.